The Bertz CT molecular complexity index is 1220. The van der Waals surface area contributed by atoms with Crippen LogP contribution in [0.1, 0.15) is 42.1 Å². The fraction of sp³-hybridized carbons (Fsp3) is 0.448. The molecule has 0 saturated carbocycles. The van der Waals surface area contributed by atoms with Crippen LogP contribution in [0.15, 0.2) is 54.7 Å². The summed E-state index contributed by atoms with van der Waals surface area (Å²) in [5.41, 5.74) is 2.83. The smallest absolute Gasteiger partial charge is 0.251 e. The molecule has 2 aliphatic heterocycles. The average Bonchev–Trinajstić information content (AvgIpc) is 2.89. The summed E-state index contributed by atoms with van der Waals surface area (Å²) in [7, 11) is 0. The maximum absolute atomic E-state index is 12.8. The number of aromatic nitrogens is 1. The van der Waals surface area contributed by atoms with E-state index in [9.17, 15) is 4.79 Å². The largest absolute Gasteiger partial charge is 0.352 e. The Labute approximate surface area is 223 Å². The van der Waals surface area contributed by atoms with Gasteiger partial charge in [0.1, 0.15) is 0 Å². The summed E-state index contributed by atoms with van der Waals surface area (Å²) in [5, 5.41) is 5.43. The number of piperidine rings is 2. The number of nitrogens with zero attached hydrogens (tertiary/aromatic N) is 3. The molecular weight excluding hydrogens is 491 g/mol. The number of rotatable bonds is 6. The van der Waals surface area contributed by atoms with Gasteiger partial charge in [0.05, 0.1) is 15.6 Å². The molecule has 190 valence electrons. The van der Waals surface area contributed by atoms with Crippen molar-refractivity contribution in [2.24, 2.45) is 11.8 Å². The summed E-state index contributed by atoms with van der Waals surface area (Å²) < 4.78 is 0. The number of carbonyl (C=O) groups is 1. The average molecular weight is 526 g/mol. The third-order valence-corrected chi connectivity index (χ3v) is 8.51. The van der Waals surface area contributed by atoms with E-state index in [4.69, 9.17) is 23.2 Å². The predicted molar refractivity (Wildman–Crippen MR) is 148 cm³/mol. The molecular formula is C29H34Cl2N4O. The lowest BCUT2D eigenvalue weighted by molar-refractivity contribution is 0.0337. The number of hydrogen-bond donors (Lipinski definition) is 1. The van der Waals surface area contributed by atoms with Gasteiger partial charge in [0, 0.05) is 49.4 Å². The fourth-order valence-corrected chi connectivity index (χ4v) is 6.24. The molecule has 36 heavy (non-hydrogen) atoms. The van der Waals surface area contributed by atoms with Gasteiger partial charge in [-0.05, 0) is 86.1 Å². The first kappa shape index (κ1) is 25.5. The number of carbonyl (C=O) groups excluding carboxylic acids is 1. The molecule has 2 aliphatic rings. The highest BCUT2D eigenvalue weighted by molar-refractivity contribution is 6.42. The third-order valence-electron chi connectivity index (χ3n) is 7.77. The van der Waals surface area contributed by atoms with Crippen molar-refractivity contribution >= 4 is 40.0 Å². The Kier molecular flexibility index (Phi) is 8.12. The number of nitrogens with one attached hydrogen (secondary N) is 1. The van der Waals surface area contributed by atoms with Gasteiger partial charge in [-0.2, -0.15) is 0 Å². The van der Waals surface area contributed by atoms with E-state index in [-0.39, 0.29) is 5.91 Å². The van der Waals surface area contributed by atoms with E-state index in [2.05, 4.69) is 33.1 Å². The van der Waals surface area contributed by atoms with Crippen molar-refractivity contribution < 1.29 is 4.79 Å². The Morgan fingerprint density at radius 2 is 1.94 bits per heavy atom. The lowest BCUT2D eigenvalue weighted by atomic mass is 9.88. The van der Waals surface area contributed by atoms with Crippen molar-refractivity contribution in [3.05, 3.63) is 75.9 Å². The molecule has 2 fully saturated rings. The SMILES string of the molecule is CC1CN(Cc2ccc(Cl)c(Cl)c2)CCC1N1CCCC(CNC(=O)c2ccc3ncccc3c2)C1. The highest BCUT2D eigenvalue weighted by Crippen LogP contribution is 2.29. The predicted octanol–water partition coefficient (Wildman–Crippen LogP) is 5.89. The molecule has 5 nitrogen and oxygen atoms in total. The van der Waals surface area contributed by atoms with Gasteiger partial charge in [0.15, 0.2) is 0 Å². The van der Waals surface area contributed by atoms with Crippen LogP contribution in [0.2, 0.25) is 10.0 Å². The standard InChI is InChI=1S/C29H34Cl2N4O/c1-20-17-34(18-21-6-8-25(30)26(31)14-21)13-10-28(20)35-12-3-4-22(19-35)16-33-29(36)24-7-9-27-23(15-24)5-2-11-32-27/h2,5-9,11,14-15,20,22,28H,3-4,10,12-13,16-19H2,1H3,(H,33,36). The van der Waals surface area contributed by atoms with Gasteiger partial charge in [-0.15, -0.1) is 0 Å². The van der Waals surface area contributed by atoms with Crippen LogP contribution < -0.4 is 5.32 Å². The van der Waals surface area contributed by atoms with Crippen molar-refractivity contribution in [1.29, 1.82) is 0 Å². The minimum atomic E-state index is 0.00172. The fourth-order valence-electron chi connectivity index (χ4n) is 5.92. The van der Waals surface area contributed by atoms with Crippen LogP contribution in [-0.4, -0.2) is 59.5 Å². The van der Waals surface area contributed by atoms with Crippen molar-refractivity contribution in [1.82, 2.24) is 20.1 Å². The van der Waals surface area contributed by atoms with Crippen LogP contribution in [0.4, 0.5) is 0 Å². The molecule has 0 bridgehead atoms. The summed E-state index contributed by atoms with van der Waals surface area (Å²) in [5.74, 6) is 1.09. The summed E-state index contributed by atoms with van der Waals surface area (Å²) in [6.07, 6.45) is 5.31. The summed E-state index contributed by atoms with van der Waals surface area (Å²) in [4.78, 5) is 22.4. The quantitative estimate of drug-likeness (QED) is 0.436. The highest BCUT2D eigenvalue weighted by atomic mass is 35.5. The minimum absolute atomic E-state index is 0.00172. The lowest BCUT2D eigenvalue weighted by Gasteiger charge is -2.45. The van der Waals surface area contributed by atoms with Gasteiger partial charge in [0.25, 0.3) is 5.91 Å². The Hall–Kier alpha value is -2.18. The van der Waals surface area contributed by atoms with Crippen molar-refractivity contribution in [2.75, 3.05) is 32.7 Å². The molecule has 2 aromatic carbocycles. The van der Waals surface area contributed by atoms with E-state index < -0.39 is 0 Å². The monoisotopic (exact) mass is 524 g/mol. The van der Waals surface area contributed by atoms with E-state index in [1.54, 1.807) is 6.20 Å². The van der Waals surface area contributed by atoms with Crippen LogP contribution in [0.3, 0.4) is 0 Å². The second-order valence-corrected chi connectivity index (χ2v) is 11.3. The zero-order chi connectivity index (χ0) is 25.1. The normalized spacial score (nSPS) is 23.6. The number of hydrogen-bond acceptors (Lipinski definition) is 4. The molecule has 0 aliphatic carbocycles. The third kappa shape index (κ3) is 6.03. The van der Waals surface area contributed by atoms with E-state index >= 15 is 0 Å². The zero-order valence-corrected chi connectivity index (χ0v) is 22.3. The molecule has 7 heteroatoms. The minimum Gasteiger partial charge on any atom is -0.352 e. The lowest BCUT2D eigenvalue weighted by Crippen LogP contribution is -2.53. The molecule has 1 aromatic heterocycles. The summed E-state index contributed by atoms with van der Waals surface area (Å²) >= 11 is 12.3. The molecule has 3 aromatic rings. The molecule has 3 unspecified atom stereocenters. The van der Waals surface area contributed by atoms with Crippen molar-refractivity contribution in [3.8, 4) is 0 Å². The first-order valence-electron chi connectivity index (χ1n) is 13.0. The Balaban J connectivity index is 1.12. The number of fused-ring (bicyclic) bond motifs is 1. The van der Waals surface area contributed by atoms with Crippen molar-refractivity contribution in [3.63, 3.8) is 0 Å². The van der Waals surface area contributed by atoms with Gasteiger partial charge in [-0.1, -0.05) is 42.3 Å². The van der Waals surface area contributed by atoms with Gasteiger partial charge in [0.2, 0.25) is 0 Å². The molecule has 2 saturated heterocycles. The first-order chi connectivity index (χ1) is 17.5. The maximum atomic E-state index is 12.8. The molecule has 1 N–H and O–H groups in total. The number of pyridine rings is 1. The van der Waals surface area contributed by atoms with Crippen LogP contribution in [-0.2, 0) is 6.54 Å². The second kappa shape index (κ2) is 11.5. The topological polar surface area (TPSA) is 48.5 Å². The molecule has 3 heterocycles. The molecule has 0 spiro atoms. The number of likely N-dealkylation sites (tertiary alicyclic amines) is 2. The van der Waals surface area contributed by atoms with Crippen LogP contribution in [0, 0.1) is 11.8 Å². The number of benzene rings is 2. The molecule has 3 atom stereocenters. The first-order valence-corrected chi connectivity index (χ1v) is 13.7. The summed E-state index contributed by atoms with van der Waals surface area (Å²) in [6.45, 7) is 8.40. The Morgan fingerprint density at radius 3 is 2.78 bits per heavy atom. The van der Waals surface area contributed by atoms with E-state index in [0.29, 0.717) is 33.5 Å². The van der Waals surface area contributed by atoms with Gasteiger partial charge >= 0.3 is 0 Å². The maximum Gasteiger partial charge on any atom is 0.251 e. The summed E-state index contributed by atoms with van der Waals surface area (Å²) in [6, 6.07) is 16.2. The van der Waals surface area contributed by atoms with Gasteiger partial charge in [-0.3, -0.25) is 19.6 Å². The molecule has 0 radical (unpaired) electrons. The van der Waals surface area contributed by atoms with Crippen LogP contribution in [0.25, 0.3) is 10.9 Å². The number of halogens is 2. The second-order valence-electron chi connectivity index (χ2n) is 10.4. The van der Waals surface area contributed by atoms with E-state index in [1.165, 1.54) is 24.8 Å². The highest BCUT2D eigenvalue weighted by Gasteiger charge is 2.33. The van der Waals surface area contributed by atoms with Crippen LogP contribution >= 0.6 is 23.2 Å². The number of amides is 1. The van der Waals surface area contributed by atoms with Crippen LogP contribution in [0.5, 0.6) is 0 Å². The van der Waals surface area contributed by atoms with Gasteiger partial charge < -0.3 is 5.32 Å². The molecule has 5 rings (SSSR count). The van der Waals surface area contributed by atoms with E-state index in [0.717, 1.165) is 50.2 Å². The Morgan fingerprint density at radius 1 is 1.06 bits per heavy atom. The molecule has 1 amide bonds. The van der Waals surface area contributed by atoms with E-state index in [1.807, 2.05) is 42.5 Å². The zero-order valence-electron chi connectivity index (χ0n) is 20.8. The van der Waals surface area contributed by atoms with Gasteiger partial charge in [-0.25, -0.2) is 0 Å². The van der Waals surface area contributed by atoms with Crippen molar-refractivity contribution in [2.45, 2.75) is 38.8 Å².